The van der Waals surface area contributed by atoms with Crippen molar-refractivity contribution >= 4 is 6.21 Å². The van der Waals surface area contributed by atoms with Gasteiger partial charge in [0.15, 0.2) is 0 Å². The quantitative estimate of drug-likeness (QED) is 0.553. The summed E-state index contributed by atoms with van der Waals surface area (Å²) >= 11 is 0. The van der Waals surface area contributed by atoms with Crippen LogP contribution in [0.4, 0.5) is 0 Å². The Labute approximate surface area is 79.7 Å². The topological polar surface area (TPSA) is 24.4 Å². The Hall–Kier alpha value is -1.31. The fourth-order valence-electron chi connectivity index (χ4n) is 1.11. The largest absolute Gasteiger partial charge is 0.306 e. The zero-order valence-electron chi connectivity index (χ0n) is 8.25. The van der Waals surface area contributed by atoms with Crippen LogP contribution in [0.5, 0.6) is 0 Å². The van der Waals surface area contributed by atoms with E-state index in [0.29, 0.717) is 0 Å². The summed E-state index contributed by atoms with van der Waals surface area (Å²) < 4.78 is 0. The highest BCUT2D eigenvalue weighted by Crippen LogP contribution is 2.02. The number of benzene rings is 1. The van der Waals surface area contributed by atoms with Crippen LogP contribution in [0.25, 0.3) is 0 Å². The van der Waals surface area contributed by atoms with E-state index in [2.05, 4.69) is 48.6 Å². The van der Waals surface area contributed by atoms with Crippen LogP contribution in [0.15, 0.2) is 29.4 Å². The lowest BCUT2D eigenvalue weighted by Crippen LogP contribution is -2.04. The molecule has 0 heterocycles. The molecule has 1 rings (SSSR count). The van der Waals surface area contributed by atoms with E-state index in [-0.39, 0.29) is 0 Å². The lowest BCUT2D eigenvalue weighted by atomic mass is 10.1. The number of hydrogen-bond acceptors (Lipinski definition) is 2. The van der Waals surface area contributed by atoms with Gasteiger partial charge in [0, 0.05) is 6.21 Å². The van der Waals surface area contributed by atoms with Crippen LogP contribution in [-0.2, 0) is 6.54 Å². The van der Waals surface area contributed by atoms with E-state index in [4.69, 9.17) is 0 Å². The van der Waals surface area contributed by atoms with Gasteiger partial charge in [-0.15, -0.1) is 0 Å². The molecular weight excluding hydrogens is 160 g/mol. The molecule has 0 aromatic heterocycles. The maximum Gasteiger partial charge on any atom is 0.0579 e. The van der Waals surface area contributed by atoms with Gasteiger partial charge < -0.3 is 5.43 Å². The molecule has 0 spiro atoms. The molecule has 13 heavy (non-hydrogen) atoms. The van der Waals surface area contributed by atoms with Gasteiger partial charge in [-0.2, -0.15) is 5.10 Å². The Morgan fingerprint density at radius 1 is 1.46 bits per heavy atom. The summed E-state index contributed by atoms with van der Waals surface area (Å²) in [5.41, 5.74) is 5.56. The van der Waals surface area contributed by atoms with Gasteiger partial charge in [-0.3, -0.25) is 0 Å². The van der Waals surface area contributed by atoms with Gasteiger partial charge in [-0.05, 0) is 18.9 Å². The van der Waals surface area contributed by atoms with Crippen LogP contribution in [0, 0.1) is 6.92 Å². The molecule has 0 aliphatic rings. The number of nitrogens with one attached hydrogen (secondary N) is 1. The first-order chi connectivity index (χ1) is 6.33. The Balaban J connectivity index is 2.41. The van der Waals surface area contributed by atoms with Crippen LogP contribution < -0.4 is 5.43 Å². The Morgan fingerprint density at radius 3 is 3.00 bits per heavy atom. The molecule has 0 bridgehead atoms. The molecule has 2 nitrogen and oxygen atoms in total. The van der Waals surface area contributed by atoms with Crippen molar-refractivity contribution < 1.29 is 0 Å². The first kappa shape index (κ1) is 9.78. The molecule has 0 aliphatic carbocycles. The van der Waals surface area contributed by atoms with Crippen molar-refractivity contribution in [2.24, 2.45) is 5.10 Å². The average Bonchev–Trinajstić information content (AvgIpc) is 2.13. The standard InChI is InChI=1S/C11H16N2/c1-3-7-12-13-9-11-6-4-5-10(2)8-11/h4-8,13H,3,9H2,1-2H3/b12-7-. The van der Waals surface area contributed by atoms with Crippen molar-refractivity contribution in [2.75, 3.05) is 0 Å². The first-order valence-corrected chi connectivity index (χ1v) is 4.63. The van der Waals surface area contributed by atoms with Gasteiger partial charge in [0.05, 0.1) is 6.54 Å². The lowest BCUT2D eigenvalue weighted by molar-refractivity contribution is 0.745. The summed E-state index contributed by atoms with van der Waals surface area (Å²) in [6.07, 6.45) is 2.84. The molecule has 2 heteroatoms. The predicted molar refractivity (Wildman–Crippen MR) is 56.8 cm³/mol. The SMILES string of the molecule is CC/C=N\NCc1cccc(C)c1. The predicted octanol–water partition coefficient (Wildman–Crippen LogP) is 2.48. The average molecular weight is 176 g/mol. The second-order valence-electron chi connectivity index (χ2n) is 3.04. The fourth-order valence-corrected chi connectivity index (χ4v) is 1.11. The fraction of sp³-hybridized carbons (Fsp3) is 0.364. The highest BCUT2D eigenvalue weighted by atomic mass is 15.3. The molecule has 0 atom stereocenters. The van der Waals surface area contributed by atoms with Crippen molar-refractivity contribution in [3.8, 4) is 0 Å². The molecule has 0 unspecified atom stereocenters. The molecule has 0 aliphatic heterocycles. The van der Waals surface area contributed by atoms with Crippen LogP contribution in [-0.4, -0.2) is 6.21 Å². The molecule has 0 fully saturated rings. The van der Waals surface area contributed by atoms with Crippen molar-refractivity contribution in [3.63, 3.8) is 0 Å². The molecule has 0 radical (unpaired) electrons. The lowest BCUT2D eigenvalue weighted by Gasteiger charge is -2.01. The highest BCUT2D eigenvalue weighted by Gasteiger charge is 1.89. The molecule has 1 N–H and O–H groups in total. The van der Waals surface area contributed by atoms with E-state index in [9.17, 15) is 0 Å². The molecule has 1 aromatic carbocycles. The van der Waals surface area contributed by atoms with E-state index >= 15 is 0 Å². The Morgan fingerprint density at radius 2 is 2.31 bits per heavy atom. The number of aryl methyl sites for hydroxylation is 1. The zero-order valence-corrected chi connectivity index (χ0v) is 8.25. The maximum absolute atomic E-state index is 4.04. The molecule has 0 saturated carbocycles. The number of hydrazone groups is 1. The van der Waals surface area contributed by atoms with Crippen LogP contribution in [0.1, 0.15) is 24.5 Å². The minimum Gasteiger partial charge on any atom is -0.306 e. The Kier molecular flexibility index (Phi) is 4.03. The normalized spacial score (nSPS) is 10.6. The molecule has 0 amide bonds. The van der Waals surface area contributed by atoms with Crippen LogP contribution >= 0.6 is 0 Å². The van der Waals surface area contributed by atoms with Gasteiger partial charge in [0.1, 0.15) is 0 Å². The van der Waals surface area contributed by atoms with Gasteiger partial charge >= 0.3 is 0 Å². The third kappa shape index (κ3) is 3.74. The van der Waals surface area contributed by atoms with Crippen molar-refractivity contribution in [2.45, 2.75) is 26.8 Å². The molecule has 70 valence electrons. The summed E-state index contributed by atoms with van der Waals surface area (Å²) in [6, 6.07) is 8.42. The van der Waals surface area contributed by atoms with E-state index in [1.165, 1.54) is 11.1 Å². The summed E-state index contributed by atoms with van der Waals surface area (Å²) in [5, 5.41) is 4.04. The van der Waals surface area contributed by atoms with Gasteiger partial charge in [-0.1, -0.05) is 36.8 Å². The number of rotatable bonds is 4. The molecule has 1 aromatic rings. The van der Waals surface area contributed by atoms with E-state index in [1.54, 1.807) is 0 Å². The van der Waals surface area contributed by atoms with Crippen molar-refractivity contribution in [1.29, 1.82) is 0 Å². The third-order valence-electron chi connectivity index (χ3n) is 1.73. The van der Waals surface area contributed by atoms with Crippen LogP contribution in [0.3, 0.4) is 0 Å². The van der Waals surface area contributed by atoms with Gasteiger partial charge in [0.2, 0.25) is 0 Å². The summed E-state index contributed by atoms with van der Waals surface area (Å²) in [5.74, 6) is 0. The second-order valence-corrected chi connectivity index (χ2v) is 3.04. The van der Waals surface area contributed by atoms with E-state index in [0.717, 1.165) is 13.0 Å². The van der Waals surface area contributed by atoms with Crippen molar-refractivity contribution in [3.05, 3.63) is 35.4 Å². The second kappa shape index (κ2) is 5.36. The van der Waals surface area contributed by atoms with Crippen molar-refractivity contribution in [1.82, 2.24) is 5.43 Å². The van der Waals surface area contributed by atoms with Gasteiger partial charge in [-0.25, -0.2) is 0 Å². The minimum absolute atomic E-state index is 0.804. The summed E-state index contributed by atoms with van der Waals surface area (Å²) in [6.45, 7) is 4.97. The van der Waals surface area contributed by atoms with Gasteiger partial charge in [0.25, 0.3) is 0 Å². The maximum atomic E-state index is 4.04. The number of hydrogen-bond donors (Lipinski definition) is 1. The third-order valence-corrected chi connectivity index (χ3v) is 1.73. The van der Waals surface area contributed by atoms with E-state index in [1.807, 2.05) is 6.21 Å². The number of nitrogens with zero attached hydrogens (tertiary/aromatic N) is 1. The smallest absolute Gasteiger partial charge is 0.0579 e. The zero-order chi connectivity index (χ0) is 9.52. The molecular formula is C11H16N2. The summed E-state index contributed by atoms with van der Waals surface area (Å²) in [7, 11) is 0. The monoisotopic (exact) mass is 176 g/mol. The summed E-state index contributed by atoms with van der Waals surface area (Å²) in [4.78, 5) is 0. The Bertz CT molecular complexity index is 279. The first-order valence-electron chi connectivity index (χ1n) is 4.63. The molecule has 0 saturated heterocycles. The van der Waals surface area contributed by atoms with Crippen LogP contribution in [0.2, 0.25) is 0 Å². The minimum atomic E-state index is 0.804. The highest BCUT2D eigenvalue weighted by molar-refractivity contribution is 5.55. The van der Waals surface area contributed by atoms with E-state index < -0.39 is 0 Å².